The van der Waals surface area contributed by atoms with E-state index in [1.807, 2.05) is 30.3 Å². The monoisotopic (exact) mass is 317 g/mol. The van der Waals surface area contributed by atoms with Gasteiger partial charge < -0.3 is 5.11 Å². The zero-order valence-corrected chi connectivity index (χ0v) is 12.6. The Morgan fingerprint density at radius 2 is 1.82 bits per heavy atom. The molecule has 114 valence electrons. The predicted molar refractivity (Wildman–Crippen MR) is 82.1 cm³/mol. The second-order valence-corrected chi connectivity index (χ2v) is 6.96. The molecule has 0 saturated carbocycles. The Kier molecular flexibility index (Phi) is 3.72. The molecule has 2 aromatic rings. The van der Waals surface area contributed by atoms with Gasteiger partial charge in [0.15, 0.2) is 0 Å². The molecule has 0 unspecified atom stereocenters. The second-order valence-electron chi connectivity index (χ2n) is 5.19. The molecule has 0 aliphatic heterocycles. The number of carboxylic acids is 1. The summed E-state index contributed by atoms with van der Waals surface area (Å²) in [4.78, 5) is 10.6. The summed E-state index contributed by atoms with van der Waals surface area (Å²) in [7, 11) is -3.69. The van der Waals surface area contributed by atoms with Gasteiger partial charge in [-0.1, -0.05) is 30.3 Å². The largest absolute Gasteiger partial charge is 0.481 e. The third-order valence-corrected chi connectivity index (χ3v) is 5.17. The molecule has 0 heterocycles. The zero-order valence-electron chi connectivity index (χ0n) is 11.7. The van der Waals surface area contributed by atoms with Crippen molar-refractivity contribution < 1.29 is 18.3 Å². The standard InChI is InChI=1S/C16H15NO4S/c18-16(19)7-8-17-22(20,21)13-6-5-12-9-11-3-1-2-4-14(11)15(12)10-13/h1-6,10,17H,7-9H2,(H,18,19). The van der Waals surface area contributed by atoms with Crippen molar-refractivity contribution in [2.75, 3.05) is 6.54 Å². The molecule has 0 atom stereocenters. The third-order valence-electron chi connectivity index (χ3n) is 3.71. The van der Waals surface area contributed by atoms with Crippen LogP contribution in [0.5, 0.6) is 0 Å². The minimum atomic E-state index is -3.69. The van der Waals surface area contributed by atoms with E-state index in [2.05, 4.69) is 4.72 Å². The van der Waals surface area contributed by atoms with Crippen LogP contribution < -0.4 is 4.72 Å². The van der Waals surface area contributed by atoms with E-state index in [0.29, 0.717) is 0 Å². The number of fused-ring (bicyclic) bond motifs is 3. The molecule has 5 nitrogen and oxygen atoms in total. The van der Waals surface area contributed by atoms with Crippen molar-refractivity contribution in [2.24, 2.45) is 0 Å². The minimum Gasteiger partial charge on any atom is -0.481 e. The molecule has 2 aromatic carbocycles. The Labute approximate surface area is 128 Å². The van der Waals surface area contributed by atoms with E-state index in [0.717, 1.165) is 23.1 Å². The van der Waals surface area contributed by atoms with Gasteiger partial charge >= 0.3 is 5.97 Å². The maximum Gasteiger partial charge on any atom is 0.304 e. The first kappa shape index (κ1) is 14.7. The van der Waals surface area contributed by atoms with Crippen LogP contribution in [0, 0.1) is 0 Å². The fourth-order valence-corrected chi connectivity index (χ4v) is 3.70. The highest BCUT2D eigenvalue weighted by atomic mass is 32.2. The molecule has 0 aromatic heterocycles. The number of hydrogen-bond donors (Lipinski definition) is 2. The number of sulfonamides is 1. The number of benzene rings is 2. The summed E-state index contributed by atoms with van der Waals surface area (Å²) in [6.07, 6.45) is 0.561. The van der Waals surface area contributed by atoms with Gasteiger partial charge in [0.1, 0.15) is 0 Å². The van der Waals surface area contributed by atoms with Gasteiger partial charge in [-0.25, -0.2) is 13.1 Å². The first-order valence-corrected chi connectivity index (χ1v) is 8.38. The highest BCUT2D eigenvalue weighted by Gasteiger charge is 2.21. The van der Waals surface area contributed by atoms with Crippen LogP contribution in [0.1, 0.15) is 17.5 Å². The molecule has 0 fully saturated rings. The van der Waals surface area contributed by atoms with Crippen molar-refractivity contribution in [2.45, 2.75) is 17.7 Å². The number of carbonyl (C=O) groups is 1. The highest BCUT2D eigenvalue weighted by molar-refractivity contribution is 7.89. The van der Waals surface area contributed by atoms with Gasteiger partial charge in [0.25, 0.3) is 0 Å². The van der Waals surface area contributed by atoms with E-state index in [9.17, 15) is 13.2 Å². The summed E-state index contributed by atoms with van der Waals surface area (Å²) in [6.45, 7) is -0.120. The summed E-state index contributed by atoms with van der Waals surface area (Å²) in [5.41, 5.74) is 4.27. The Bertz CT molecular complexity index is 843. The first-order valence-electron chi connectivity index (χ1n) is 6.90. The molecular weight excluding hydrogens is 302 g/mol. The lowest BCUT2D eigenvalue weighted by Gasteiger charge is -2.08. The Morgan fingerprint density at radius 3 is 2.59 bits per heavy atom. The van der Waals surface area contributed by atoms with Crippen LogP contribution in [0.15, 0.2) is 47.4 Å². The Balaban J connectivity index is 1.90. The van der Waals surface area contributed by atoms with E-state index in [4.69, 9.17) is 5.11 Å². The van der Waals surface area contributed by atoms with Gasteiger partial charge in [-0.05, 0) is 40.8 Å². The minimum absolute atomic E-state index is 0.120. The fourth-order valence-electron chi connectivity index (χ4n) is 2.65. The lowest BCUT2D eigenvalue weighted by Crippen LogP contribution is -2.26. The van der Waals surface area contributed by atoms with Crippen LogP contribution in [-0.2, 0) is 21.2 Å². The Morgan fingerprint density at radius 1 is 1.09 bits per heavy atom. The molecule has 1 aliphatic rings. The molecule has 0 radical (unpaired) electrons. The average Bonchev–Trinajstić information content (AvgIpc) is 2.84. The van der Waals surface area contributed by atoms with Gasteiger partial charge in [0, 0.05) is 6.54 Å². The number of hydrogen-bond acceptors (Lipinski definition) is 3. The van der Waals surface area contributed by atoms with Crippen LogP contribution in [0.3, 0.4) is 0 Å². The van der Waals surface area contributed by atoms with E-state index >= 15 is 0 Å². The van der Waals surface area contributed by atoms with Crippen LogP contribution in [0.4, 0.5) is 0 Å². The predicted octanol–water partition coefficient (Wildman–Crippen LogP) is 2.01. The summed E-state index contributed by atoms with van der Waals surface area (Å²) >= 11 is 0. The lowest BCUT2D eigenvalue weighted by atomic mass is 10.1. The van der Waals surface area contributed by atoms with Crippen LogP contribution in [0.2, 0.25) is 0 Å². The third kappa shape index (κ3) is 2.75. The highest BCUT2D eigenvalue weighted by Crippen LogP contribution is 2.37. The molecule has 1 aliphatic carbocycles. The van der Waals surface area contributed by atoms with Gasteiger partial charge in [0.05, 0.1) is 11.3 Å². The van der Waals surface area contributed by atoms with E-state index in [1.165, 1.54) is 5.56 Å². The van der Waals surface area contributed by atoms with Gasteiger partial charge in [-0.15, -0.1) is 0 Å². The lowest BCUT2D eigenvalue weighted by molar-refractivity contribution is -0.136. The Hall–Kier alpha value is -2.18. The molecular formula is C16H15NO4S. The molecule has 3 rings (SSSR count). The van der Waals surface area contributed by atoms with Crippen molar-refractivity contribution in [3.8, 4) is 11.1 Å². The van der Waals surface area contributed by atoms with Gasteiger partial charge in [-0.2, -0.15) is 0 Å². The van der Waals surface area contributed by atoms with Crippen molar-refractivity contribution in [1.29, 1.82) is 0 Å². The SMILES string of the molecule is O=C(O)CCNS(=O)(=O)c1ccc2c(c1)-c1ccccc1C2. The quantitative estimate of drug-likeness (QED) is 0.754. The molecule has 0 bridgehead atoms. The number of nitrogens with one attached hydrogen (secondary N) is 1. The smallest absolute Gasteiger partial charge is 0.304 e. The van der Waals surface area contributed by atoms with E-state index in [-0.39, 0.29) is 17.9 Å². The summed E-state index contributed by atoms with van der Waals surface area (Å²) in [6, 6.07) is 13.0. The molecule has 0 spiro atoms. The van der Waals surface area contributed by atoms with E-state index < -0.39 is 16.0 Å². The van der Waals surface area contributed by atoms with Gasteiger partial charge in [0.2, 0.25) is 10.0 Å². The van der Waals surface area contributed by atoms with Crippen LogP contribution >= 0.6 is 0 Å². The van der Waals surface area contributed by atoms with Crippen LogP contribution in [0.25, 0.3) is 11.1 Å². The number of aliphatic carboxylic acids is 1. The summed E-state index contributed by atoms with van der Waals surface area (Å²) in [5, 5.41) is 8.58. The normalized spacial score (nSPS) is 12.7. The molecule has 2 N–H and O–H groups in total. The summed E-state index contributed by atoms with van der Waals surface area (Å²) in [5.74, 6) is -1.04. The maximum atomic E-state index is 12.2. The summed E-state index contributed by atoms with van der Waals surface area (Å²) < 4.78 is 26.8. The van der Waals surface area contributed by atoms with Gasteiger partial charge in [-0.3, -0.25) is 4.79 Å². The topological polar surface area (TPSA) is 83.5 Å². The molecule has 22 heavy (non-hydrogen) atoms. The average molecular weight is 317 g/mol. The number of carboxylic acid groups (broad SMARTS) is 1. The van der Waals surface area contributed by atoms with Crippen molar-refractivity contribution in [3.05, 3.63) is 53.6 Å². The maximum absolute atomic E-state index is 12.2. The fraction of sp³-hybridized carbons (Fsp3) is 0.188. The number of rotatable bonds is 5. The second kappa shape index (κ2) is 5.55. The van der Waals surface area contributed by atoms with E-state index in [1.54, 1.807) is 12.1 Å². The first-order chi connectivity index (χ1) is 10.5. The molecule has 0 amide bonds. The van der Waals surface area contributed by atoms with Crippen molar-refractivity contribution in [1.82, 2.24) is 4.72 Å². The van der Waals surface area contributed by atoms with Crippen molar-refractivity contribution in [3.63, 3.8) is 0 Å². The van der Waals surface area contributed by atoms with Crippen molar-refractivity contribution >= 4 is 16.0 Å². The molecule has 0 saturated heterocycles. The zero-order chi connectivity index (χ0) is 15.7. The molecule has 6 heteroatoms. The van der Waals surface area contributed by atoms with Crippen LogP contribution in [-0.4, -0.2) is 26.0 Å².